The summed E-state index contributed by atoms with van der Waals surface area (Å²) in [7, 11) is -4.46. The van der Waals surface area contributed by atoms with E-state index in [1.54, 1.807) is 0 Å². The second kappa shape index (κ2) is 1.33. The van der Waals surface area contributed by atoms with Gasteiger partial charge in [-0.25, -0.2) is 0 Å². The van der Waals surface area contributed by atoms with Gasteiger partial charge in [0.05, 0.1) is 0 Å². The van der Waals surface area contributed by atoms with E-state index < -0.39 is 19.2 Å². The summed E-state index contributed by atoms with van der Waals surface area (Å²) in [4.78, 5) is 17.0. The van der Waals surface area contributed by atoms with Crippen molar-refractivity contribution in [1.82, 2.24) is 0 Å². The number of nitrogens with two attached hydrogens (primary N) is 1. The molecule has 0 unspecified atom stereocenters. The van der Waals surface area contributed by atoms with Crippen LogP contribution in [0.15, 0.2) is 0 Å². The Morgan fingerprint density at radius 1 is 1.88 bits per heavy atom. The van der Waals surface area contributed by atoms with E-state index in [9.17, 15) is 4.57 Å². The zero-order chi connectivity index (χ0) is 8.21. The lowest BCUT2D eigenvalue weighted by molar-refractivity contribution is 0.355. The highest BCUT2D eigenvalue weighted by molar-refractivity contribution is 7.53. The molecular formula is C3H8NO3P. The third-order valence-electron chi connectivity index (χ3n) is 1.06. The maximum Gasteiger partial charge on any atom is 0.345 e. The molecule has 0 amide bonds. The largest absolute Gasteiger partial charge is 0.345 e. The van der Waals surface area contributed by atoms with E-state index in [4.69, 9.17) is 18.3 Å². The average Bonchev–Trinajstić information content (AvgIpc) is 2.05. The van der Waals surface area contributed by atoms with E-state index in [2.05, 4.69) is 0 Å². The molecule has 1 aliphatic carbocycles. The molecule has 4 N–H and O–H groups in total. The lowest BCUT2D eigenvalue weighted by atomic mass is 10.8. The van der Waals surface area contributed by atoms with Crippen molar-refractivity contribution in [3.63, 3.8) is 0 Å². The molecule has 0 aromatic heterocycles. The summed E-state index contributed by atoms with van der Waals surface area (Å²) < 4.78 is 24.3. The number of hydrogen-bond acceptors (Lipinski definition) is 2. The predicted octanol–water partition coefficient (Wildman–Crippen LogP) is -0.387. The number of rotatable bonds is 1. The molecule has 0 aromatic carbocycles. The van der Waals surface area contributed by atoms with E-state index in [0.717, 1.165) is 0 Å². The maximum atomic E-state index is 10.5. The Morgan fingerprint density at radius 3 is 2.25 bits per heavy atom. The third-order valence-corrected chi connectivity index (χ3v) is 2.41. The molecule has 48 valence electrons. The summed E-state index contributed by atoms with van der Waals surface area (Å²) in [6, 6.07) is 0. The van der Waals surface area contributed by atoms with Crippen molar-refractivity contribution in [3.8, 4) is 0 Å². The molecule has 0 spiro atoms. The average molecular weight is 139 g/mol. The van der Waals surface area contributed by atoms with Crippen LogP contribution in [-0.4, -0.2) is 15.1 Å². The predicted molar refractivity (Wildman–Crippen MR) is 28.2 cm³/mol. The summed E-state index contributed by atoms with van der Waals surface area (Å²) >= 11 is 0. The SMILES string of the molecule is [2H]C1([2H])C[C@@]1(N)P(=O)(O)O. The van der Waals surface area contributed by atoms with Crippen LogP contribution < -0.4 is 5.73 Å². The Kier molecular flexibility index (Phi) is 0.668. The monoisotopic (exact) mass is 139 g/mol. The summed E-state index contributed by atoms with van der Waals surface area (Å²) in [5.41, 5.74) is 5.06. The lowest BCUT2D eigenvalue weighted by Gasteiger charge is -2.08. The highest BCUT2D eigenvalue weighted by Gasteiger charge is 2.53. The van der Waals surface area contributed by atoms with Gasteiger partial charge in [-0.2, -0.15) is 0 Å². The number of hydrogen-bond donors (Lipinski definition) is 3. The zero-order valence-electron chi connectivity index (χ0n) is 6.03. The molecule has 8 heavy (non-hydrogen) atoms. The van der Waals surface area contributed by atoms with Crippen LogP contribution in [-0.2, 0) is 4.57 Å². The molecule has 4 nitrogen and oxygen atoms in total. The second-order valence-corrected chi connectivity index (χ2v) is 3.71. The first kappa shape index (κ1) is 4.01. The van der Waals surface area contributed by atoms with Crippen LogP contribution in [0, 0.1) is 0 Å². The van der Waals surface area contributed by atoms with Gasteiger partial charge in [-0.15, -0.1) is 0 Å². The van der Waals surface area contributed by atoms with E-state index >= 15 is 0 Å². The Morgan fingerprint density at radius 2 is 2.25 bits per heavy atom. The lowest BCUT2D eigenvalue weighted by Crippen LogP contribution is -2.20. The molecule has 0 saturated heterocycles. The van der Waals surface area contributed by atoms with Gasteiger partial charge in [0, 0.05) is 2.74 Å². The van der Waals surface area contributed by atoms with Crippen LogP contribution >= 0.6 is 7.60 Å². The third kappa shape index (κ3) is 0.801. The molecule has 0 aromatic rings. The molecule has 0 radical (unpaired) electrons. The highest BCUT2D eigenvalue weighted by atomic mass is 31.2. The summed E-state index contributed by atoms with van der Waals surface area (Å²) in [6.45, 7) is 0. The fraction of sp³-hybridized carbons (Fsp3) is 1.00. The summed E-state index contributed by atoms with van der Waals surface area (Å²) in [6.07, 6.45) is -2.16. The van der Waals surface area contributed by atoms with Crippen molar-refractivity contribution in [3.05, 3.63) is 0 Å². The fourth-order valence-corrected chi connectivity index (χ4v) is 0.788. The molecule has 5 heteroatoms. The summed E-state index contributed by atoms with van der Waals surface area (Å²) in [5.74, 6) is 0. The van der Waals surface area contributed by atoms with Gasteiger partial charge in [-0.3, -0.25) is 4.57 Å². The van der Waals surface area contributed by atoms with Gasteiger partial charge in [0.1, 0.15) is 5.28 Å². The van der Waals surface area contributed by atoms with Crippen LogP contribution in [0.5, 0.6) is 0 Å². The van der Waals surface area contributed by atoms with E-state index in [1.807, 2.05) is 0 Å². The van der Waals surface area contributed by atoms with Crippen molar-refractivity contribution in [1.29, 1.82) is 0 Å². The van der Waals surface area contributed by atoms with Crippen LogP contribution in [0.2, 0.25) is 0 Å². The Hall–Kier alpha value is 0.110. The first-order chi connectivity index (χ1) is 4.21. The van der Waals surface area contributed by atoms with Gasteiger partial charge in [0.25, 0.3) is 0 Å². The minimum absolute atomic E-state index is 0.260. The minimum Gasteiger partial charge on any atom is -0.323 e. The summed E-state index contributed by atoms with van der Waals surface area (Å²) in [5, 5.41) is -1.92. The Labute approximate surface area is 49.7 Å². The van der Waals surface area contributed by atoms with Gasteiger partial charge < -0.3 is 15.5 Å². The van der Waals surface area contributed by atoms with Gasteiger partial charge in [0.15, 0.2) is 0 Å². The van der Waals surface area contributed by atoms with E-state index in [1.165, 1.54) is 0 Å². The van der Waals surface area contributed by atoms with Crippen molar-refractivity contribution >= 4 is 7.60 Å². The zero-order valence-corrected chi connectivity index (χ0v) is 4.93. The van der Waals surface area contributed by atoms with E-state index in [-0.39, 0.29) is 6.42 Å². The normalized spacial score (nSPS) is 47.4. The van der Waals surface area contributed by atoms with Crippen LogP contribution in [0.4, 0.5) is 0 Å². The molecule has 1 atom stereocenters. The molecule has 0 heterocycles. The molecule has 1 rings (SSSR count). The standard InChI is InChI=1S/C3H8NO3P/c4-3(1-2-3)8(5,6)7/h1-2,4H2,(H2,5,6,7)/i1D2/t3-/m0/s1. The first-order valence-electron chi connectivity index (χ1n) is 3.05. The van der Waals surface area contributed by atoms with Gasteiger partial charge in [0.2, 0.25) is 0 Å². The fourth-order valence-electron chi connectivity index (χ4n) is 0.297. The first-order valence-corrected chi connectivity index (χ1v) is 3.66. The molecule has 0 aliphatic heterocycles. The maximum absolute atomic E-state index is 10.5. The highest BCUT2D eigenvalue weighted by Crippen LogP contribution is 2.60. The van der Waals surface area contributed by atoms with Crippen molar-refractivity contribution in [2.75, 3.05) is 0 Å². The Bertz CT molecular complexity index is 214. The molecule has 0 bridgehead atoms. The molecular weight excluding hydrogens is 129 g/mol. The molecule has 1 fully saturated rings. The van der Waals surface area contributed by atoms with E-state index in [0.29, 0.717) is 0 Å². The minimum atomic E-state index is -4.46. The van der Waals surface area contributed by atoms with Crippen LogP contribution in [0.25, 0.3) is 0 Å². The Balaban J connectivity index is 2.89. The van der Waals surface area contributed by atoms with Crippen LogP contribution in [0.1, 0.15) is 15.5 Å². The topological polar surface area (TPSA) is 83.6 Å². The van der Waals surface area contributed by atoms with Gasteiger partial charge in [-0.1, -0.05) is 0 Å². The van der Waals surface area contributed by atoms with Gasteiger partial charge >= 0.3 is 7.60 Å². The van der Waals surface area contributed by atoms with Crippen molar-refractivity contribution < 1.29 is 17.1 Å². The smallest absolute Gasteiger partial charge is 0.323 e. The van der Waals surface area contributed by atoms with Crippen LogP contribution in [0.3, 0.4) is 0 Å². The van der Waals surface area contributed by atoms with Gasteiger partial charge in [-0.05, 0) is 12.8 Å². The quantitative estimate of drug-likeness (QED) is 0.432. The van der Waals surface area contributed by atoms with Crippen molar-refractivity contribution in [2.45, 2.75) is 18.1 Å². The van der Waals surface area contributed by atoms with Crippen molar-refractivity contribution in [2.24, 2.45) is 5.73 Å². The molecule has 1 aliphatic rings. The second-order valence-electron chi connectivity index (χ2n) is 1.82. The molecule has 1 saturated carbocycles.